The van der Waals surface area contributed by atoms with Gasteiger partial charge in [0.15, 0.2) is 5.82 Å². The largest absolute Gasteiger partial charge is 0.370 e. The van der Waals surface area contributed by atoms with Gasteiger partial charge in [-0.3, -0.25) is 0 Å². The van der Waals surface area contributed by atoms with Gasteiger partial charge >= 0.3 is 0 Å². The van der Waals surface area contributed by atoms with Crippen molar-refractivity contribution in [3.63, 3.8) is 0 Å². The summed E-state index contributed by atoms with van der Waals surface area (Å²) in [4.78, 5) is 9.63. The molecule has 4 heteroatoms. The lowest BCUT2D eigenvalue weighted by Gasteiger charge is -2.30. The van der Waals surface area contributed by atoms with Crippen molar-refractivity contribution in [2.75, 3.05) is 13.2 Å². The minimum absolute atomic E-state index is 0.00263. The van der Waals surface area contributed by atoms with Crippen molar-refractivity contribution >= 4 is 0 Å². The maximum atomic E-state index is 5.94. The van der Waals surface area contributed by atoms with E-state index in [1.165, 1.54) is 11.3 Å². The second kappa shape index (κ2) is 6.19. The van der Waals surface area contributed by atoms with E-state index in [-0.39, 0.29) is 11.5 Å². The molecule has 0 aromatic carbocycles. The molecule has 20 heavy (non-hydrogen) atoms. The minimum Gasteiger partial charge on any atom is -0.370 e. The van der Waals surface area contributed by atoms with Crippen molar-refractivity contribution in [1.29, 1.82) is 0 Å². The Kier molecular flexibility index (Phi) is 4.76. The van der Waals surface area contributed by atoms with Crippen LogP contribution in [0, 0.1) is 5.41 Å². The third-order valence-corrected chi connectivity index (χ3v) is 3.73. The zero-order chi connectivity index (χ0) is 14.8. The molecule has 0 saturated heterocycles. The molecule has 4 nitrogen and oxygen atoms in total. The van der Waals surface area contributed by atoms with Gasteiger partial charge in [-0.2, -0.15) is 0 Å². The van der Waals surface area contributed by atoms with Crippen molar-refractivity contribution in [3.05, 3.63) is 22.8 Å². The number of nitrogens with one attached hydrogen (secondary N) is 1. The van der Waals surface area contributed by atoms with E-state index in [0.29, 0.717) is 6.61 Å². The summed E-state index contributed by atoms with van der Waals surface area (Å²) < 4.78 is 5.94. The van der Waals surface area contributed by atoms with Crippen LogP contribution in [0.15, 0.2) is 0 Å². The molecular weight excluding hydrogens is 250 g/mol. The van der Waals surface area contributed by atoms with Gasteiger partial charge in [0.05, 0.1) is 5.69 Å². The van der Waals surface area contributed by atoms with E-state index in [1.807, 2.05) is 6.92 Å². The summed E-state index contributed by atoms with van der Waals surface area (Å²) >= 11 is 0. The number of aryl methyl sites for hydroxylation is 1. The van der Waals surface area contributed by atoms with Crippen molar-refractivity contribution in [3.8, 4) is 0 Å². The standard InChI is InChI=1S/C16H27N3O/c1-6-12-11-8-9-17-10-13(11)19-15(18-12)14(20-7-2)16(3,4)5/h14,17H,6-10H2,1-5H3. The highest BCUT2D eigenvalue weighted by molar-refractivity contribution is 5.29. The normalized spacial score (nSPS) is 16.9. The molecule has 0 amide bonds. The van der Waals surface area contributed by atoms with E-state index >= 15 is 0 Å². The Bertz CT molecular complexity index is 448. The molecule has 2 heterocycles. The Balaban J connectivity index is 2.45. The molecule has 2 rings (SSSR count). The lowest BCUT2D eigenvalue weighted by molar-refractivity contribution is -0.0194. The highest BCUT2D eigenvalue weighted by Crippen LogP contribution is 2.35. The van der Waals surface area contributed by atoms with Crippen LogP contribution in [0.2, 0.25) is 0 Å². The average Bonchev–Trinajstić information content (AvgIpc) is 2.42. The van der Waals surface area contributed by atoms with Gasteiger partial charge in [-0.05, 0) is 37.3 Å². The highest BCUT2D eigenvalue weighted by atomic mass is 16.5. The van der Waals surface area contributed by atoms with Gasteiger partial charge in [0.2, 0.25) is 0 Å². The second-order valence-corrected chi connectivity index (χ2v) is 6.44. The SMILES string of the molecule is CCOC(c1nc(CC)c2c(n1)CNCC2)C(C)(C)C. The van der Waals surface area contributed by atoms with E-state index in [9.17, 15) is 0 Å². The molecule has 1 aliphatic rings. The van der Waals surface area contributed by atoms with Crippen LogP contribution in [-0.2, 0) is 24.1 Å². The first-order chi connectivity index (χ1) is 9.47. The van der Waals surface area contributed by atoms with Crippen LogP contribution in [0.1, 0.15) is 63.5 Å². The first-order valence-electron chi connectivity index (χ1n) is 7.68. The maximum Gasteiger partial charge on any atom is 0.158 e. The molecule has 0 saturated carbocycles. The zero-order valence-corrected chi connectivity index (χ0v) is 13.4. The topological polar surface area (TPSA) is 47.0 Å². The van der Waals surface area contributed by atoms with Crippen molar-refractivity contribution in [2.45, 2.75) is 60.1 Å². The summed E-state index contributed by atoms with van der Waals surface area (Å²) in [5.41, 5.74) is 3.70. The van der Waals surface area contributed by atoms with Crippen LogP contribution < -0.4 is 5.32 Å². The fraction of sp³-hybridized carbons (Fsp3) is 0.750. The van der Waals surface area contributed by atoms with Crippen LogP contribution in [0.4, 0.5) is 0 Å². The van der Waals surface area contributed by atoms with Crippen molar-refractivity contribution < 1.29 is 4.74 Å². The molecule has 0 bridgehead atoms. The van der Waals surface area contributed by atoms with Gasteiger partial charge in [-0.25, -0.2) is 9.97 Å². The molecule has 1 unspecified atom stereocenters. The van der Waals surface area contributed by atoms with E-state index in [0.717, 1.165) is 37.4 Å². The van der Waals surface area contributed by atoms with E-state index in [4.69, 9.17) is 14.7 Å². The van der Waals surface area contributed by atoms with Crippen LogP contribution in [0.25, 0.3) is 0 Å². The van der Waals surface area contributed by atoms with E-state index in [1.54, 1.807) is 0 Å². The Hall–Kier alpha value is -1.00. The van der Waals surface area contributed by atoms with Crippen molar-refractivity contribution in [2.24, 2.45) is 5.41 Å². The van der Waals surface area contributed by atoms with Gasteiger partial charge in [-0.15, -0.1) is 0 Å². The van der Waals surface area contributed by atoms with Crippen LogP contribution in [0.3, 0.4) is 0 Å². The maximum absolute atomic E-state index is 5.94. The predicted molar refractivity (Wildman–Crippen MR) is 80.6 cm³/mol. The quantitative estimate of drug-likeness (QED) is 0.919. The Labute approximate surface area is 122 Å². The molecule has 1 atom stereocenters. The number of nitrogens with zero attached hydrogens (tertiary/aromatic N) is 2. The summed E-state index contributed by atoms with van der Waals surface area (Å²) in [6, 6.07) is 0. The first-order valence-corrected chi connectivity index (χ1v) is 7.68. The summed E-state index contributed by atoms with van der Waals surface area (Å²) in [6.07, 6.45) is 1.94. The Morgan fingerprint density at radius 3 is 2.60 bits per heavy atom. The van der Waals surface area contributed by atoms with Gasteiger partial charge in [0.1, 0.15) is 6.10 Å². The van der Waals surface area contributed by atoms with Crippen LogP contribution in [0.5, 0.6) is 0 Å². The Morgan fingerprint density at radius 1 is 1.25 bits per heavy atom. The summed E-state index contributed by atoms with van der Waals surface area (Å²) in [7, 11) is 0. The lowest BCUT2D eigenvalue weighted by atomic mass is 9.88. The van der Waals surface area contributed by atoms with Crippen LogP contribution in [-0.4, -0.2) is 23.1 Å². The number of fused-ring (bicyclic) bond motifs is 1. The fourth-order valence-electron chi connectivity index (χ4n) is 2.75. The average molecular weight is 277 g/mol. The van der Waals surface area contributed by atoms with Gasteiger partial charge in [0.25, 0.3) is 0 Å². The minimum atomic E-state index is -0.0509. The zero-order valence-electron chi connectivity index (χ0n) is 13.4. The van der Waals surface area contributed by atoms with E-state index in [2.05, 4.69) is 33.0 Å². The number of aromatic nitrogens is 2. The second-order valence-electron chi connectivity index (χ2n) is 6.44. The Morgan fingerprint density at radius 2 is 2.00 bits per heavy atom. The van der Waals surface area contributed by atoms with Gasteiger partial charge in [0, 0.05) is 18.8 Å². The molecule has 112 valence electrons. The number of rotatable bonds is 4. The predicted octanol–water partition coefficient (Wildman–Crippen LogP) is 2.81. The molecule has 1 N–H and O–H groups in total. The molecule has 1 aromatic rings. The van der Waals surface area contributed by atoms with Gasteiger partial charge < -0.3 is 10.1 Å². The van der Waals surface area contributed by atoms with E-state index < -0.39 is 0 Å². The van der Waals surface area contributed by atoms with Crippen molar-refractivity contribution in [1.82, 2.24) is 15.3 Å². The van der Waals surface area contributed by atoms with Crippen LogP contribution >= 0.6 is 0 Å². The first kappa shape index (κ1) is 15.4. The molecule has 0 aliphatic carbocycles. The molecule has 1 aliphatic heterocycles. The molecule has 0 fully saturated rings. The summed E-state index contributed by atoms with van der Waals surface area (Å²) in [5.74, 6) is 0.846. The third-order valence-electron chi connectivity index (χ3n) is 3.73. The lowest BCUT2D eigenvalue weighted by Crippen LogP contribution is -2.30. The number of hydrogen-bond acceptors (Lipinski definition) is 4. The summed E-state index contributed by atoms with van der Waals surface area (Å²) in [6.45, 7) is 13.3. The van der Waals surface area contributed by atoms with Gasteiger partial charge in [-0.1, -0.05) is 27.7 Å². The molecule has 0 spiro atoms. The fourth-order valence-corrected chi connectivity index (χ4v) is 2.75. The highest BCUT2D eigenvalue weighted by Gasteiger charge is 2.31. The molecule has 0 radical (unpaired) electrons. The summed E-state index contributed by atoms with van der Waals surface area (Å²) in [5, 5.41) is 3.40. The number of hydrogen-bond donors (Lipinski definition) is 1. The smallest absolute Gasteiger partial charge is 0.158 e. The monoisotopic (exact) mass is 277 g/mol. The third kappa shape index (κ3) is 3.18. The number of ether oxygens (including phenoxy) is 1. The molecule has 1 aromatic heterocycles. The molecular formula is C16H27N3O.